The molecule has 23 heavy (non-hydrogen) atoms. The molecule has 1 fully saturated rings. The topological polar surface area (TPSA) is 35.2 Å². The molecule has 1 aliphatic heterocycles. The zero-order valence-electron chi connectivity index (χ0n) is 11.9. The molecule has 1 saturated heterocycles. The summed E-state index contributed by atoms with van der Waals surface area (Å²) >= 11 is 13.0. The van der Waals surface area contributed by atoms with E-state index in [-0.39, 0.29) is 23.6 Å². The van der Waals surface area contributed by atoms with Gasteiger partial charge >= 0.3 is 0 Å². The Bertz CT molecular complexity index is 683. The highest BCUT2D eigenvalue weighted by molar-refractivity contribution is 14.1. The lowest BCUT2D eigenvalue weighted by molar-refractivity contribution is -0.0446. The highest BCUT2D eigenvalue weighted by Crippen LogP contribution is 2.28. The fourth-order valence-electron chi connectivity index (χ4n) is 1.96. The monoisotopic (exact) mass is 471 g/mol. The van der Waals surface area contributed by atoms with Gasteiger partial charge in [-0.2, -0.15) is 0 Å². The van der Waals surface area contributed by atoms with Crippen molar-refractivity contribution >= 4 is 45.8 Å². The first-order chi connectivity index (χ1) is 10.9. The van der Waals surface area contributed by atoms with Crippen molar-refractivity contribution in [2.45, 2.75) is 6.04 Å². The van der Waals surface area contributed by atoms with E-state index in [1.165, 1.54) is 12.1 Å². The lowest BCUT2D eigenvalue weighted by atomic mass is 9.92. The predicted molar refractivity (Wildman–Crippen MR) is 96.8 cm³/mol. The van der Waals surface area contributed by atoms with Crippen molar-refractivity contribution in [2.75, 3.05) is 13.2 Å². The SMILES string of the molecule is Fc1cc(Cl)ccc1I.NC(c1ccc(Cl)cc1F)C1COC1. The minimum absolute atomic E-state index is 0.227. The molecule has 0 amide bonds. The van der Waals surface area contributed by atoms with Crippen LogP contribution in [0.1, 0.15) is 11.6 Å². The van der Waals surface area contributed by atoms with E-state index in [0.717, 1.165) is 0 Å². The summed E-state index contributed by atoms with van der Waals surface area (Å²) in [6, 6.07) is 8.88. The van der Waals surface area contributed by atoms with Crippen molar-refractivity contribution < 1.29 is 13.5 Å². The highest BCUT2D eigenvalue weighted by Gasteiger charge is 2.28. The lowest BCUT2D eigenvalue weighted by Gasteiger charge is -2.31. The van der Waals surface area contributed by atoms with Crippen LogP contribution < -0.4 is 5.73 Å². The van der Waals surface area contributed by atoms with Crippen LogP contribution in [0.2, 0.25) is 10.0 Å². The average molecular weight is 472 g/mol. The number of nitrogens with two attached hydrogens (primary N) is 1. The molecule has 1 unspecified atom stereocenters. The molecule has 7 heteroatoms. The standard InChI is InChI=1S/C10H11ClFNO.C6H3ClFI/c11-7-1-2-8(9(12)3-7)10(13)6-4-14-5-6;7-4-1-2-6(9)5(8)3-4/h1-3,6,10H,4-5,13H2;1-3H. The Morgan fingerprint density at radius 2 is 1.61 bits per heavy atom. The maximum atomic E-state index is 13.4. The van der Waals surface area contributed by atoms with Crippen LogP contribution in [-0.4, -0.2) is 13.2 Å². The molecule has 1 atom stereocenters. The van der Waals surface area contributed by atoms with Crippen LogP contribution in [0.25, 0.3) is 0 Å². The van der Waals surface area contributed by atoms with Crippen LogP contribution in [-0.2, 0) is 4.74 Å². The predicted octanol–water partition coefficient (Wildman–Crippen LogP) is 5.21. The molecule has 2 nitrogen and oxygen atoms in total. The fraction of sp³-hybridized carbons (Fsp3) is 0.250. The van der Waals surface area contributed by atoms with Crippen molar-refractivity contribution in [2.24, 2.45) is 11.7 Å². The first kappa shape index (κ1) is 18.9. The van der Waals surface area contributed by atoms with Gasteiger partial charge in [-0.3, -0.25) is 0 Å². The molecule has 2 aromatic carbocycles. The van der Waals surface area contributed by atoms with Gasteiger partial charge in [0.15, 0.2) is 0 Å². The summed E-state index contributed by atoms with van der Waals surface area (Å²) in [6.45, 7) is 1.23. The first-order valence-corrected chi connectivity index (χ1v) is 8.60. The second kappa shape index (κ2) is 8.58. The van der Waals surface area contributed by atoms with Crippen molar-refractivity contribution in [3.8, 4) is 0 Å². The first-order valence-electron chi connectivity index (χ1n) is 6.77. The zero-order chi connectivity index (χ0) is 17.0. The maximum absolute atomic E-state index is 13.4. The number of halogens is 5. The Labute approximate surface area is 157 Å². The summed E-state index contributed by atoms with van der Waals surface area (Å²) in [7, 11) is 0. The molecule has 0 aliphatic carbocycles. The third kappa shape index (κ3) is 5.26. The summed E-state index contributed by atoms with van der Waals surface area (Å²) in [5.74, 6) is -0.370. The molecule has 0 bridgehead atoms. The number of benzene rings is 2. The zero-order valence-corrected chi connectivity index (χ0v) is 15.6. The molecule has 0 spiro atoms. The van der Waals surface area contributed by atoms with E-state index in [1.807, 2.05) is 22.6 Å². The summed E-state index contributed by atoms with van der Waals surface area (Å²) in [5, 5.41) is 0.830. The molecular formula is C16H14Cl2F2INO. The van der Waals surface area contributed by atoms with E-state index in [4.69, 9.17) is 33.7 Å². The normalized spacial score (nSPS) is 15.4. The van der Waals surface area contributed by atoms with Gasteiger partial charge in [0.1, 0.15) is 11.6 Å². The van der Waals surface area contributed by atoms with E-state index in [9.17, 15) is 8.78 Å². The van der Waals surface area contributed by atoms with Gasteiger partial charge < -0.3 is 10.5 Å². The molecule has 0 radical (unpaired) electrons. The minimum Gasteiger partial charge on any atom is -0.381 e. The smallest absolute Gasteiger partial charge is 0.137 e. The Kier molecular flexibility index (Phi) is 7.03. The fourth-order valence-corrected chi connectivity index (χ4v) is 2.61. The third-order valence-electron chi connectivity index (χ3n) is 3.37. The van der Waals surface area contributed by atoms with Crippen molar-refractivity contribution in [3.63, 3.8) is 0 Å². The van der Waals surface area contributed by atoms with Crippen molar-refractivity contribution in [1.29, 1.82) is 0 Å². The Balaban J connectivity index is 0.000000185. The lowest BCUT2D eigenvalue weighted by Crippen LogP contribution is -2.37. The van der Waals surface area contributed by atoms with Gasteiger partial charge in [0.25, 0.3) is 0 Å². The molecule has 1 aliphatic rings. The van der Waals surface area contributed by atoms with Crippen LogP contribution in [0, 0.1) is 21.1 Å². The minimum atomic E-state index is -0.336. The molecule has 2 aromatic rings. The van der Waals surface area contributed by atoms with Gasteiger partial charge in [0, 0.05) is 31.1 Å². The number of ether oxygens (including phenoxy) is 1. The largest absolute Gasteiger partial charge is 0.381 e. The Morgan fingerprint density at radius 1 is 1.04 bits per heavy atom. The molecule has 0 aromatic heterocycles. The van der Waals surface area contributed by atoms with Gasteiger partial charge in [0.05, 0.1) is 13.2 Å². The quantitative estimate of drug-likeness (QED) is 0.482. The van der Waals surface area contributed by atoms with Gasteiger partial charge in [0.2, 0.25) is 0 Å². The van der Waals surface area contributed by atoms with Gasteiger partial charge in [-0.05, 0) is 52.9 Å². The van der Waals surface area contributed by atoms with Gasteiger partial charge in [-0.15, -0.1) is 0 Å². The Morgan fingerprint density at radius 3 is 2.04 bits per heavy atom. The van der Waals surface area contributed by atoms with Gasteiger partial charge in [-0.1, -0.05) is 29.3 Å². The summed E-state index contributed by atoms with van der Waals surface area (Å²) in [5.41, 5.74) is 6.40. The molecule has 1 heterocycles. The van der Waals surface area contributed by atoms with E-state index in [0.29, 0.717) is 32.4 Å². The van der Waals surface area contributed by atoms with Crippen LogP contribution >= 0.6 is 45.8 Å². The highest BCUT2D eigenvalue weighted by atomic mass is 127. The number of hydrogen-bond acceptors (Lipinski definition) is 2. The summed E-state index contributed by atoms with van der Waals surface area (Å²) in [4.78, 5) is 0. The maximum Gasteiger partial charge on any atom is 0.137 e. The third-order valence-corrected chi connectivity index (χ3v) is 4.72. The van der Waals surface area contributed by atoms with Crippen LogP contribution in [0.15, 0.2) is 36.4 Å². The second-order valence-electron chi connectivity index (χ2n) is 5.05. The molecule has 0 saturated carbocycles. The van der Waals surface area contributed by atoms with Crippen molar-refractivity contribution in [3.05, 3.63) is 67.2 Å². The molecule has 2 N–H and O–H groups in total. The number of rotatable bonds is 2. The molecule has 3 rings (SSSR count). The van der Waals surface area contributed by atoms with E-state index >= 15 is 0 Å². The van der Waals surface area contributed by atoms with Crippen molar-refractivity contribution in [1.82, 2.24) is 0 Å². The van der Waals surface area contributed by atoms with Crippen LogP contribution in [0.3, 0.4) is 0 Å². The average Bonchev–Trinajstić information content (AvgIpc) is 2.42. The summed E-state index contributed by atoms with van der Waals surface area (Å²) in [6.07, 6.45) is 0. The van der Waals surface area contributed by atoms with E-state index in [2.05, 4.69) is 0 Å². The Hall–Kier alpha value is -0.470. The second-order valence-corrected chi connectivity index (χ2v) is 7.08. The van der Waals surface area contributed by atoms with E-state index in [1.54, 1.807) is 24.3 Å². The van der Waals surface area contributed by atoms with Gasteiger partial charge in [-0.25, -0.2) is 8.78 Å². The van der Waals surface area contributed by atoms with Crippen LogP contribution in [0.5, 0.6) is 0 Å². The molecule has 124 valence electrons. The number of hydrogen-bond donors (Lipinski definition) is 1. The molecular weight excluding hydrogens is 458 g/mol. The summed E-state index contributed by atoms with van der Waals surface area (Å²) < 4.78 is 31.5. The van der Waals surface area contributed by atoms with E-state index < -0.39 is 0 Å². The van der Waals surface area contributed by atoms with Crippen LogP contribution in [0.4, 0.5) is 8.78 Å².